The molecule has 1 aliphatic heterocycles. The van der Waals surface area contributed by atoms with Gasteiger partial charge < -0.3 is 20.1 Å². The largest absolute Gasteiger partial charge is 0.468 e. The second-order valence-electron chi connectivity index (χ2n) is 6.05. The van der Waals surface area contributed by atoms with Crippen LogP contribution in [0.1, 0.15) is 39.5 Å². The molecule has 0 radical (unpaired) electrons. The predicted octanol–water partition coefficient (Wildman–Crippen LogP) is 1.16. The number of ether oxygens (including phenoxy) is 2. The summed E-state index contributed by atoms with van der Waals surface area (Å²) in [6.45, 7) is 6.87. The van der Waals surface area contributed by atoms with Crippen LogP contribution in [0.3, 0.4) is 0 Å². The highest BCUT2D eigenvalue weighted by molar-refractivity contribution is 5.79. The fourth-order valence-corrected chi connectivity index (χ4v) is 2.67. The molecule has 5 heteroatoms. The Labute approximate surface area is 116 Å². The third-order valence-corrected chi connectivity index (χ3v) is 4.05. The number of hydrogen-bond acceptors (Lipinski definition) is 5. The Morgan fingerprint density at radius 3 is 2.74 bits per heavy atom. The van der Waals surface area contributed by atoms with Gasteiger partial charge in [-0.05, 0) is 52.6 Å². The van der Waals surface area contributed by atoms with Gasteiger partial charge in [0.05, 0.1) is 12.7 Å². The lowest BCUT2D eigenvalue weighted by molar-refractivity contribution is -0.146. The molecular formula is C14H28N2O3. The highest BCUT2D eigenvalue weighted by atomic mass is 16.5. The number of piperidine rings is 1. The second kappa shape index (κ2) is 6.68. The first-order valence-corrected chi connectivity index (χ1v) is 6.98. The van der Waals surface area contributed by atoms with Gasteiger partial charge in [0, 0.05) is 13.7 Å². The Kier molecular flexibility index (Phi) is 5.77. The number of nitrogens with two attached hydrogens (primary N) is 1. The van der Waals surface area contributed by atoms with Crippen molar-refractivity contribution in [3.8, 4) is 0 Å². The first kappa shape index (κ1) is 16.4. The van der Waals surface area contributed by atoms with Crippen molar-refractivity contribution >= 4 is 5.97 Å². The van der Waals surface area contributed by atoms with Gasteiger partial charge in [0.25, 0.3) is 0 Å². The van der Waals surface area contributed by atoms with Gasteiger partial charge in [-0.25, -0.2) is 0 Å². The van der Waals surface area contributed by atoms with Crippen molar-refractivity contribution in [2.24, 2.45) is 5.73 Å². The van der Waals surface area contributed by atoms with Crippen LogP contribution in [0.5, 0.6) is 0 Å². The van der Waals surface area contributed by atoms with Crippen molar-refractivity contribution in [2.75, 3.05) is 33.9 Å². The summed E-state index contributed by atoms with van der Waals surface area (Å²) in [5, 5.41) is 0. The number of likely N-dealkylation sites (tertiary alicyclic amines) is 1. The van der Waals surface area contributed by atoms with E-state index in [1.165, 1.54) is 7.11 Å². The summed E-state index contributed by atoms with van der Waals surface area (Å²) in [6.07, 6.45) is 3.79. The molecule has 0 amide bonds. The van der Waals surface area contributed by atoms with Gasteiger partial charge in [0.2, 0.25) is 0 Å². The topological polar surface area (TPSA) is 64.8 Å². The summed E-state index contributed by atoms with van der Waals surface area (Å²) in [4.78, 5) is 13.9. The van der Waals surface area contributed by atoms with Gasteiger partial charge in [-0.1, -0.05) is 0 Å². The standard InChI is InChI=1S/C14H28N2O3/c1-13(19-4)7-5-9-16(11-13)10-6-8-14(2,15)12(17)18-3/h5-11,15H2,1-4H3. The Bertz CT molecular complexity index is 307. The molecule has 1 rings (SSSR count). The van der Waals surface area contributed by atoms with Gasteiger partial charge in [0.15, 0.2) is 0 Å². The molecule has 1 fully saturated rings. The van der Waals surface area contributed by atoms with Crippen molar-refractivity contribution in [3.63, 3.8) is 0 Å². The van der Waals surface area contributed by atoms with Gasteiger partial charge >= 0.3 is 5.97 Å². The minimum Gasteiger partial charge on any atom is -0.468 e. The maximum absolute atomic E-state index is 11.5. The van der Waals surface area contributed by atoms with Gasteiger partial charge in [-0.2, -0.15) is 0 Å². The molecule has 0 spiro atoms. The van der Waals surface area contributed by atoms with E-state index in [1.807, 2.05) is 0 Å². The molecule has 0 bridgehead atoms. The molecule has 0 saturated carbocycles. The molecule has 1 heterocycles. The van der Waals surface area contributed by atoms with Crippen LogP contribution in [-0.4, -0.2) is 55.9 Å². The molecule has 0 aliphatic carbocycles. The van der Waals surface area contributed by atoms with E-state index < -0.39 is 5.54 Å². The van der Waals surface area contributed by atoms with Crippen LogP contribution in [0.4, 0.5) is 0 Å². The number of methoxy groups -OCH3 is 2. The zero-order valence-corrected chi connectivity index (χ0v) is 12.7. The average Bonchev–Trinajstić information content (AvgIpc) is 2.37. The number of rotatable bonds is 6. The third-order valence-electron chi connectivity index (χ3n) is 4.05. The number of carbonyl (C=O) groups excluding carboxylic acids is 1. The van der Waals surface area contributed by atoms with E-state index in [2.05, 4.69) is 11.8 Å². The highest BCUT2D eigenvalue weighted by Gasteiger charge is 2.32. The van der Waals surface area contributed by atoms with E-state index in [0.29, 0.717) is 6.42 Å². The molecule has 1 saturated heterocycles. The number of carbonyl (C=O) groups is 1. The summed E-state index contributed by atoms with van der Waals surface area (Å²) in [5.41, 5.74) is 5.03. The highest BCUT2D eigenvalue weighted by Crippen LogP contribution is 2.24. The van der Waals surface area contributed by atoms with Crippen LogP contribution in [0.25, 0.3) is 0 Å². The summed E-state index contributed by atoms with van der Waals surface area (Å²) in [5.74, 6) is -0.340. The normalized spacial score (nSPS) is 27.8. The van der Waals surface area contributed by atoms with Crippen LogP contribution in [0.2, 0.25) is 0 Å². The summed E-state index contributed by atoms with van der Waals surface area (Å²) in [7, 11) is 3.15. The van der Waals surface area contributed by atoms with Crippen LogP contribution >= 0.6 is 0 Å². The summed E-state index contributed by atoms with van der Waals surface area (Å²) in [6, 6.07) is 0. The van der Waals surface area contributed by atoms with Gasteiger partial charge in [-0.15, -0.1) is 0 Å². The van der Waals surface area contributed by atoms with Crippen molar-refractivity contribution in [1.82, 2.24) is 4.90 Å². The SMILES string of the molecule is COC(=O)C(C)(N)CCCN1CCCC(C)(OC)C1. The maximum atomic E-state index is 11.5. The smallest absolute Gasteiger partial charge is 0.325 e. The monoisotopic (exact) mass is 272 g/mol. The quantitative estimate of drug-likeness (QED) is 0.735. The lowest BCUT2D eigenvalue weighted by atomic mass is 9.93. The van der Waals surface area contributed by atoms with E-state index in [1.54, 1.807) is 14.0 Å². The van der Waals surface area contributed by atoms with Crippen molar-refractivity contribution in [2.45, 2.75) is 50.7 Å². The Balaban J connectivity index is 2.35. The van der Waals surface area contributed by atoms with E-state index in [-0.39, 0.29) is 11.6 Å². The number of hydrogen-bond donors (Lipinski definition) is 1. The van der Waals surface area contributed by atoms with E-state index >= 15 is 0 Å². The first-order chi connectivity index (χ1) is 8.83. The van der Waals surface area contributed by atoms with E-state index in [4.69, 9.17) is 15.2 Å². The van der Waals surface area contributed by atoms with Crippen molar-refractivity contribution in [1.29, 1.82) is 0 Å². The predicted molar refractivity (Wildman–Crippen MR) is 74.9 cm³/mol. The zero-order chi connectivity index (χ0) is 14.5. The van der Waals surface area contributed by atoms with E-state index in [9.17, 15) is 4.79 Å². The molecule has 0 aromatic heterocycles. The lowest BCUT2D eigenvalue weighted by Gasteiger charge is -2.39. The maximum Gasteiger partial charge on any atom is 0.325 e. The van der Waals surface area contributed by atoms with E-state index in [0.717, 1.165) is 38.9 Å². The van der Waals surface area contributed by atoms with Gasteiger partial charge in [-0.3, -0.25) is 4.79 Å². The fraction of sp³-hybridized carbons (Fsp3) is 0.929. The summed E-state index contributed by atoms with van der Waals surface area (Å²) >= 11 is 0. The second-order valence-corrected chi connectivity index (χ2v) is 6.05. The van der Waals surface area contributed by atoms with Crippen LogP contribution in [0.15, 0.2) is 0 Å². The zero-order valence-electron chi connectivity index (χ0n) is 12.7. The number of nitrogens with zero attached hydrogens (tertiary/aromatic N) is 1. The molecule has 0 aromatic carbocycles. The molecule has 2 unspecified atom stereocenters. The molecular weight excluding hydrogens is 244 g/mol. The average molecular weight is 272 g/mol. The Hall–Kier alpha value is -0.650. The summed E-state index contributed by atoms with van der Waals surface area (Å²) < 4.78 is 10.3. The van der Waals surface area contributed by atoms with Crippen LogP contribution in [-0.2, 0) is 14.3 Å². The lowest BCUT2D eigenvalue weighted by Crippen LogP contribution is -2.49. The molecule has 1 aliphatic rings. The third kappa shape index (κ3) is 4.75. The van der Waals surface area contributed by atoms with Crippen molar-refractivity contribution < 1.29 is 14.3 Å². The van der Waals surface area contributed by atoms with Crippen LogP contribution < -0.4 is 5.73 Å². The first-order valence-electron chi connectivity index (χ1n) is 6.98. The van der Waals surface area contributed by atoms with Gasteiger partial charge in [0.1, 0.15) is 5.54 Å². The van der Waals surface area contributed by atoms with Crippen LogP contribution in [0, 0.1) is 0 Å². The number of esters is 1. The van der Waals surface area contributed by atoms with Crippen molar-refractivity contribution in [3.05, 3.63) is 0 Å². The minimum atomic E-state index is -0.880. The molecule has 19 heavy (non-hydrogen) atoms. The fourth-order valence-electron chi connectivity index (χ4n) is 2.67. The molecule has 112 valence electrons. The molecule has 2 atom stereocenters. The Morgan fingerprint density at radius 2 is 2.16 bits per heavy atom. The molecule has 0 aromatic rings. The molecule has 5 nitrogen and oxygen atoms in total. The molecule has 2 N–H and O–H groups in total. The minimum absolute atomic E-state index is 0.0351. The Morgan fingerprint density at radius 1 is 1.47 bits per heavy atom.